The first-order valence-electron chi connectivity index (χ1n) is 4.35. The molecule has 94 valence electrons. The molecule has 0 aromatic heterocycles. The Bertz CT molecular complexity index is 425. The number of hydrogen-bond acceptors (Lipinski definition) is 4. The first kappa shape index (κ1) is 15.3. The summed E-state index contributed by atoms with van der Waals surface area (Å²) in [4.78, 5) is -0.630. The van der Waals surface area contributed by atoms with E-state index in [2.05, 4.69) is 13.2 Å². The van der Waals surface area contributed by atoms with E-state index in [1.807, 2.05) is 0 Å². The maximum absolute atomic E-state index is 10.5. The van der Waals surface area contributed by atoms with Gasteiger partial charge in [0.05, 0.1) is 9.81 Å². The molecule has 0 aromatic rings. The van der Waals surface area contributed by atoms with Crippen LogP contribution in [-0.2, 0) is 20.2 Å². The lowest BCUT2D eigenvalue weighted by atomic mass is 10.2. The van der Waals surface area contributed by atoms with E-state index in [0.29, 0.717) is 12.8 Å². The predicted molar refractivity (Wildman–Crippen MR) is 59.8 cm³/mol. The Balaban J connectivity index is 3.97. The fraction of sp³-hybridized carbons (Fsp3) is 0.500. The van der Waals surface area contributed by atoms with Crippen LogP contribution in [-0.4, -0.2) is 25.9 Å². The van der Waals surface area contributed by atoms with E-state index < -0.39 is 20.2 Å². The molecular formula is C8H14O6S2. The molecule has 0 bridgehead atoms. The molecular weight excluding hydrogens is 256 g/mol. The number of rotatable bonds is 7. The zero-order valence-corrected chi connectivity index (χ0v) is 10.2. The zero-order chi connectivity index (χ0) is 13.0. The summed E-state index contributed by atoms with van der Waals surface area (Å²) in [6, 6.07) is 0. The maximum atomic E-state index is 10.5. The van der Waals surface area contributed by atoms with E-state index in [1.54, 1.807) is 0 Å². The van der Waals surface area contributed by atoms with Crippen LogP contribution < -0.4 is 0 Å². The van der Waals surface area contributed by atoms with Crippen LogP contribution in [0.5, 0.6) is 0 Å². The Kier molecular flexibility index (Phi) is 5.33. The Morgan fingerprint density at radius 1 is 0.812 bits per heavy atom. The van der Waals surface area contributed by atoms with Crippen molar-refractivity contribution in [2.45, 2.75) is 25.7 Å². The predicted octanol–water partition coefficient (Wildman–Crippen LogP) is 1.35. The van der Waals surface area contributed by atoms with Gasteiger partial charge in [0.15, 0.2) is 0 Å². The van der Waals surface area contributed by atoms with Gasteiger partial charge in [-0.25, -0.2) is 0 Å². The molecule has 0 spiro atoms. The van der Waals surface area contributed by atoms with Crippen LogP contribution in [0.15, 0.2) is 23.0 Å². The van der Waals surface area contributed by atoms with E-state index in [9.17, 15) is 16.8 Å². The Labute approximate surface area is 95.2 Å². The largest absolute Gasteiger partial charge is 0.290 e. The third kappa shape index (κ3) is 6.01. The van der Waals surface area contributed by atoms with Crippen molar-refractivity contribution in [2.75, 3.05) is 0 Å². The van der Waals surface area contributed by atoms with Gasteiger partial charge in [0, 0.05) is 0 Å². The molecule has 0 heterocycles. The van der Waals surface area contributed by atoms with Crippen molar-refractivity contribution in [3.63, 3.8) is 0 Å². The molecule has 0 aliphatic heterocycles. The molecule has 0 rings (SSSR count). The highest BCUT2D eigenvalue weighted by Gasteiger charge is 2.12. The molecule has 16 heavy (non-hydrogen) atoms. The van der Waals surface area contributed by atoms with Gasteiger partial charge in [-0.2, -0.15) is 16.8 Å². The number of unbranched alkanes of at least 4 members (excludes halogenated alkanes) is 1. The highest BCUT2D eigenvalue weighted by atomic mass is 32.2. The minimum Gasteiger partial charge on any atom is -0.282 e. The van der Waals surface area contributed by atoms with Gasteiger partial charge in [-0.05, 0) is 25.7 Å². The highest BCUT2D eigenvalue weighted by Crippen LogP contribution is 2.16. The van der Waals surface area contributed by atoms with Gasteiger partial charge >= 0.3 is 0 Å². The average molecular weight is 270 g/mol. The summed E-state index contributed by atoms with van der Waals surface area (Å²) in [7, 11) is -8.43. The summed E-state index contributed by atoms with van der Waals surface area (Å²) in [6.07, 6.45) is 0.732. The van der Waals surface area contributed by atoms with Crippen molar-refractivity contribution in [3.8, 4) is 0 Å². The summed E-state index contributed by atoms with van der Waals surface area (Å²) in [5.41, 5.74) is 0. The van der Waals surface area contributed by atoms with Crippen LogP contribution in [0.25, 0.3) is 0 Å². The summed E-state index contributed by atoms with van der Waals surface area (Å²) in [5.74, 6) is 0. The Morgan fingerprint density at radius 2 is 1.06 bits per heavy atom. The van der Waals surface area contributed by atoms with Gasteiger partial charge < -0.3 is 0 Å². The summed E-state index contributed by atoms with van der Waals surface area (Å²) in [6.45, 7) is 6.33. The minimum atomic E-state index is -4.22. The van der Waals surface area contributed by atoms with Crippen molar-refractivity contribution in [3.05, 3.63) is 23.0 Å². The van der Waals surface area contributed by atoms with Crippen molar-refractivity contribution in [1.82, 2.24) is 0 Å². The van der Waals surface area contributed by atoms with Gasteiger partial charge in [-0.1, -0.05) is 13.2 Å². The SMILES string of the molecule is C=C(CCCCC(=C)S(=O)(=O)O)S(=O)(=O)O. The van der Waals surface area contributed by atoms with Crippen molar-refractivity contribution < 1.29 is 25.9 Å². The van der Waals surface area contributed by atoms with E-state index >= 15 is 0 Å². The van der Waals surface area contributed by atoms with Crippen LogP contribution in [0.2, 0.25) is 0 Å². The highest BCUT2D eigenvalue weighted by molar-refractivity contribution is 7.90. The van der Waals surface area contributed by atoms with E-state index in [4.69, 9.17) is 9.11 Å². The quantitative estimate of drug-likeness (QED) is 0.534. The molecule has 0 saturated heterocycles. The van der Waals surface area contributed by atoms with Gasteiger partial charge in [0.2, 0.25) is 0 Å². The molecule has 0 saturated carbocycles. The Morgan fingerprint density at radius 3 is 1.25 bits per heavy atom. The molecule has 0 radical (unpaired) electrons. The second kappa shape index (κ2) is 5.58. The normalized spacial score (nSPS) is 12.4. The van der Waals surface area contributed by atoms with Gasteiger partial charge in [0.1, 0.15) is 0 Å². The number of allylic oxidation sites excluding steroid dienone is 2. The fourth-order valence-corrected chi connectivity index (χ4v) is 1.71. The Hall–Kier alpha value is -0.700. The lowest BCUT2D eigenvalue weighted by molar-refractivity contribution is 0.484. The zero-order valence-electron chi connectivity index (χ0n) is 8.59. The molecule has 0 aliphatic rings. The minimum absolute atomic E-state index is 0.0393. The van der Waals surface area contributed by atoms with Crippen molar-refractivity contribution in [2.24, 2.45) is 0 Å². The first-order chi connectivity index (χ1) is 7.05. The van der Waals surface area contributed by atoms with Crippen LogP contribution in [0, 0.1) is 0 Å². The molecule has 0 unspecified atom stereocenters. The number of hydrogen-bond donors (Lipinski definition) is 2. The lowest BCUT2D eigenvalue weighted by Crippen LogP contribution is -2.02. The van der Waals surface area contributed by atoms with Crippen LogP contribution in [0.3, 0.4) is 0 Å². The molecule has 0 atom stereocenters. The molecule has 0 amide bonds. The van der Waals surface area contributed by atoms with Crippen LogP contribution in [0.4, 0.5) is 0 Å². The monoisotopic (exact) mass is 270 g/mol. The standard InChI is InChI=1S/C8H14O6S2/c1-7(15(9,10)11)5-3-4-6-8(2)16(12,13)14/h1-6H2,(H,9,10,11)(H,12,13,14). The van der Waals surface area contributed by atoms with Gasteiger partial charge in [-0.15, -0.1) is 0 Å². The van der Waals surface area contributed by atoms with E-state index in [-0.39, 0.29) is 22.7 Å². The summed E-state index contributed by atoms with van der Waals surface area (Å²) < 4.78 is 59.2. The maximum Gasteiger partial charge on any atom is 0.290 e. The molecule has 8 heteroatoms. The third-order valence-corrected chi connectivity index (χ3v) is 3.76. The summed E-state index contributed by atoms with van der Waals surface area (Å²) >= 11 is 0. The molecule has 0 fully saturated rings. The average Bonchev–Trinajstić information content (AvgIpc) is 2.08. The first-order valence-corrected chi connectivity index (χ1v) is 7.23. The van der Waals surface area contributed by atoms with Crippen LogP contribution >= 0.6 is 0 Å². The van der Waals surface area contributed by atoms with Crippen molar-refractivity contribution in [1.29, 1.82) is 0 Å². The smallest absolute Gasteiger partial charge is 0.282 e. The molecule has 0 aromatic carbocycles. The molecule has 2 N–H and O–H groups in total. The second-order valence-electron chi connectivity index (χ2n) is 3.23. The molecule has 0 aliphatic carbocycles. The third-order valence-electron chi connectivity index (χ3n) is 1.89. The van der Waals surface area contributed by atoms with E-state index in [1.165, 1.54) is 0 Å². The fourth-order valence-electron chi connectivity index (χ4n) is 0.902. The second-order valence-corrected chi connectivity index (χ2v) is 6.29. The van der Waals surface area contributed by atoms with Gasteiger partial charge in [0.25, 0.3) is 20.2 Å². The lowest BCUT2D eigenvalue weighted by Gasteiger charge is -2.03. The molecule has 6 nitrogen and oxygen atoms in total. The van der Waals surface area contributed by atoms with Gasteiger partial charge in [-0.3, -0.25) is 9.11 Å². The van der Waals surface area contributed by atoms with E-state index in [0.717, 1.165) is 0 Å². The topological polar surface area (TPSA) is 109 Å². The van der Waals surface area contributed by atoms with Crippen molar-refractivity contribution >= 4 is 20.2 Å². The van der Waals surface area contributed by atoms with Crippen LogP contribution in [0.1, 0.15) is 25.7 Å². The summed E-state index contributed by atoms with van der Waals surface area (Å²) in [5, 5.41) is 0.